The average molecular weight is 420 g/mol. The minimum atomic E-state index is -0.751. The number of hydrogen-bond acceptors (Lipinski definition) is 5. The maximum Gasteiger partial charge on any atom is 0.251 e. The summed E-state index contributed by atoms with van der Waals surface area (Å²) in [5.41, 5.74) is 3.98. The number of nitrogens with one attached hydrogen (secondary N) is 2. The largest absolute Gasteiger partial charge is 0.495 e. The van der Waals surface area contributed by atoms with Gasteiger partial charge in [-0.25, -0.2) is 4.68 Å². The molecule has 2 N–H and O–H groups in total. The molecule has 4 rings (SSSR count). The SMILES string of the molecule is COCc1nn2c(c1-c1ccccc1)NC(=O)C2CC(=O)Nc1cc(C)ccc1OC. The first-order chi connectivity index (χ1) is 15.0. The zero-order chi connectivity index (χ0) is 22.0. The number of rotatable bonds is 7. The number of aromatic nitrogens is 2. The van der Waals surface area contributed by atoms with Crippen LogP contribution in [-0.2, 0) is 20.9 Å². The second-order valence-corrected chi connectivity index (χ2v) is 7.37. The van der Waals surface area contributed by atoms with E-state index in [1.165, 1.54) is 0 Å². The summed E-state index contributed by atoms with van der Waals surface area (Å²) in [6.07, 6.45) is -0.0573. The van der Waals surface area contributed by atoms with Crippen LogP contribution >= 0.6 is 0 Å². The lowest BCUT2D eigenvalue weighted by Gasteiger charge is -2.13. The Hall–Kier alpha value is -3.65. The molecule has 2 heterocycles. The van der Waals surface area contributed by atoms with E-state index in [2.05, 4.69) is 15.7 Å². The van der Waals surface area contributed by atoms with Crippen LogP contribution in [0.3, 0.4) is 0 Å². The summed E-state index contributed by atoms with van der Waals surface area (Å²) in [5.74, 6) is 0.564. The van der Waals surface area contributed by atoms with Crippen molar-refractivity contribution in [2.24, 2.45) is 0 Å². The fraction of sp³-hybridized carbons (Fsp3) is 0.261. The molecule has 0 aliphatic carbocycles. The van der Waals surface area contributed by atoms with Gasteiger partial charge in [0.15, 0.2) is 0 Å². The lowest BCUT2D eigenvalue weighted by molar-refractivity contribution is -0.123. The highest BCUT2D eigenvalue weighted by Crippen LogP contribution is 2.39. The molecule has 0 fully saturated rings. The lowest BCUT2D eigenvalue weighted by atomic mass is 10.1. The normalized spacial score (nSPS) is 14.8. The van der Waals surface area contributed by atoms with E-state index in [0.717, 1.165) is 16.7 Å². The van der Waals surface area contributed by atoms with Gasteiger partial charge in [0, 0.05) is 12.7 Å². The standard InChI is InChI=1S/C23H24N4O4/c1-14-9-10-19(31-3)16(11-14)24-20(28)12-18-23(29)25-22-21(15-7-5-4-6-8-15)17(13-30-2)26-27(18)22/h4-11,18H,12-13H2,1-3H3,(H,24,28)(H,25,29). The maximum atomic E-state index is 12.8. The Morgan fingerprint density at radius 2 is 1.97 bits per heavy atom. The summed E-state index contributed by atoms with van der Waals surface area (Å²) in [7, 11) is 3.14. The van der Waals surface area contributed by atoms with E-state index in [-0.39, 0.29) is 18.2 Å². The first-order valence-electron chi connectivity index (χ1n) is 9.93. The summed E-state index contributed by atoms with van der Waals surface area (Å²) in [5, 5.41) is 10.3. The smallest absolute Gasteiger partial charge is 0.251 e. The molecule has 2 amide bonds. The highest BCUT2D eigenvalue weighted by Gasteiger charge is 2.37. The quantitative estimate of drug-likeness (QED) is 0.610. The Labute approximate surface area is 180 Å². The molecule has 3 aromatic rings. The number of benzene rings is 2. The van der Waals surface area contributed by atoms with Crippen LogP contribution in [-0.4, -0.2) is 35.8 Å². The molecule has 8 heteroatoms. The molecule has 0 bridgehead atoms. The van der Waals surface area contributed by atoms with Crippen molar-refractivity contribution in [1.82, 2.24) is 9.78 Å². The Balaban J connectivity index is 1.62. The average Bonchev–Trinajstić information content (AvgIpc) is 3.24. The Bertz CT molecular complexity index is 1120. The molecule has 8 nitrogen and oxygen atoms in total. The minimum absolute atomic E-state index is 0.0573. The van der Waals surface area contributed by atoms with Crippen molar-refractivity contribution in [2.75, 3.05) is 24.9 Å². The molecule has 1 aromatic heterocycles. The zero-order valence-electron chi connectivity index (χ0n) is 17.6. The van der Waals surface area contributed by atoms with Crippen molar-refractivity contribution in [2.45, 2.75) is 26.0 Å². The number of carbonyl (C=O) groups excluding carboxylic acids is 2. The topological polar surface area (TPSA) is 94.5 Å². The molecule has 1 aliphatic heterocycles. The summed E-state index contributed by atoms with van der Waals surface area (Å²) >= 11 is 0. The molecular formula is C23H24N4O4. The lowest BCUT2D eigenvalue weighted by Crippen LogP contribution is -2.24. The van der Waals surface area contributed by atoms with Gasteiger partial charge < -0.3 is 20.1 Å². The van der Waals surface area contributed by atoms with E-state index in [1.54, 1.807) is 25.0 Å². The number of amides is 2. The molecule has 0 radical (unpaired) electrons. The maximum absolute atomic E-state index is 12.8. The molecular weight excluding hydrogens is 396 g/mol. The van der Waals surface area contributed by atoms with Gasteiger partial charge in [-0.2, -0.15) is 5.10 Å². The van der Waals surface area contributed by atoms with Gasteiger partial charge in [0.25, 0.3) is 5.91 Å². The van der Waals surface area contributed by atoms with Gasteiger partial charge in [0.1, 0.15) is 17.6 Å². The van der Waals surface area contributed by atoms with Gasteiger partial charge >= 0.3 is 0 Å². The van der Waals surface area contributed by atoms with Gasteiger partial charge in [-0.3, -0.25) is 9.59 Å². The van der Waals surface area contributed by atoms with Crippen LogP contribution in [0.2, 0.25) is 0 Å². The third kappa shape index (κ3) is 4.02. The van der Waals surface area contributed by atoms with Crippen molar-refractivity contribution in [3.8, 4) is 16.9 Å². The molecule has 0 spiro atoms. The monoisotopic (exact) mass is 420 g/mol. The van der Waals surface area contributed by atoms with Crippen LogP contribution in [0.25, 0.3) is 11.1 Å². The van der Waals surface area contributed by atoms with Gasteiger partial charge in [-0.05, 0) is 30.2 Å². The van der Waals surface area contributed by atoms with Crippen molar-refractivity contribution in [1.29, 1.82) is 0 Å². The van der Waals surface area contributed by atoms with Gasteiger partial charge in [-0.15, -0.1) is 0 Å². The number of aryl methyl sites for hydroxylation is 1. The van der Waals surface area contributed by atoms with Crippen molar-refractivity contribution in [3.63, 3.8) is 0 Å². The molecule has 1 aliphatic rings. The van der Waals surface area contributed by atoms with Gasteiger partial charge in [0.05, 0.1) is 31.5 Å². The van der Waals surface area contributed by atoms with E-state index < -0.39 is 6.04 Å². The van der Waals surface area contributed by atoms with Crippen LogP contribution in [0.4, 0.5) is 11.5 Å². The third-order valence-corrected chi connectivity index (χ3v) is 5.17. The predicted molar refractivity (Wildman–Crippen MR) is 117 cm³/mol. The summed E-state index contributed by atoms with van der Waals surface area (Å²) in [4.78, 5) is 25.5. The number of anilines is 2. The van der Waals surface area contributed by atoms with E-state index in [4.69, 9.17) is 9.47 Å². The summed E-state index contributed by atoms with van der Waals surface area (Å²) < 4.78 is 12.2. The second-order valence-electron chi connectivity index (χ2n) is 7.37. The second kappa shape index (κ2) is 8.61. The van der Waals surface area contributed by atoms with E-state index >= 15 is 0 Å². The van der Waals surface area contributed by atoms with Gasteiger partial charge in [-0.1, -0.05) is 36.4 Å². The molecule has 1 atom stereocenters. The molecule has 31 heavy (non-hydrogen) atoms. The van der Waals surface area contributed by atoms with E-state index in [0.29, 0.717) is 29.6 Å². The van der Waals surface area contributed by atoms with Crippen molar-refractivity contribution < 1.29 is 19.1 Å². The molecule has 0 saturated carbocycles. The van der Waals surface area contributed by atoms with E-state index in [9.17, 15) is 9.59 Å². The molecule has 2 aromatic carbocycles. The highest BCUT2D eigenvalue weighted by molar-refractivity contribution is 6.04. The Morgan fingerprint density at radius 1 is 1.19 bits per heavy atom. The van der Waals surface area contributed by atoms with Crippen LogP contribution in [0, 0.1) is 6.92 Å². The summed E-state index contributed by atoms with van der Waals surface area (Å²) in [6.45, 7) is 2.22. The zero-order valence-corrected chi connectivity index (χ0v) is 17.6. The van der Waals surface area contributed by atoms with Crippen LogP contribution < -0.4 is 15.4 Å². The number of hydrogen-bond donors (Lipinski definition) is 2. The van der Waals surface area contributed by atoms with Crippen molar-refractivity contribution in [3.05, 3.63) is 59.8 Å². The molecule has 1 unspecified atom stereocenters. The number of methoxy groups -OCH3 is 2. The number of ether oxygens (including phenoxy) is 2. The van der Waals surface area contributed by atoms with Crippen LogP contribution in [0.1, 0.15) is 23.7 Å². The number of fused-ring (bicyclic) bond motifs is 1. The van der Waals surface area contributed by atoms with E-state index in [1.807, 2.05) is 49.4 Å². The summed E-state index contributed by atoms with van der Waals surface area (Å²) in [6, 6.07) is 14.4. The molecule has 160 valence electrons. The predicted octanol–water partition coefficient (Wildman–Crippen LogP) is 3.54. The van der Waals surface area contributed by atoms with Crippen LogP contribution in [0.5, 0.6) is 5.75 Å². The van der Waals surface area contributed by atoms with Crippen LogP contribution in [0.15, 0.2) is 48.5 Å². The number of nitrogens with zero attached hydrogens (tertiary/aromatic N) is 2. The fourth-order valence-electron chi connectivity index (χ4n) is 3.76. The van der Waals surface area contributed by atoms with Gasteiger partial charge in [0.2, 0.25) is 5.91 Å². The Kier molecular flexibility index (Phi) is 5.73. The Morgan fingerprint density at radius 3 is 2.68 bits per heavy atom. The first kappa shape index (κ1) is 20.6. The number of carbonyl (C=O) groups is 2. The minimum Gasteiger partial charge on any atom is -0.495 e. The fourth-order valence-corrected chi connectivity index (χ4v) is 3.76. The molecule has 0 saturated heterocycles. The highest BCUT2D eigenvalue weighted by atomic mass is 16.5. The van der Waals surface area contributed by atoms with Crippen molar-refractivity contribution >= 4 is 23.3 Å². The third-order valence-electron chi connectivity index (χ3n) is 5.17. The first-order valence-corrected chi connectivity index (χ1v) is 9.93.